The van der Waals surface area contributed by atoms with Crippen LogP contribution in [-0.4, -0.2) is 12.6 Å². The molecule has 0 atom stereocenters. The average Bonchev–Trinajstić information content (AvgIpc) is 2.15. The van der Waals surface area contributed by atoms with E-state index >= 15 is 0 Å². The summed E-state index contributed by atoms with van der Waals surface area (Å²) in [5, 5.41) is 0. The molecule has 14 heavy (non-hydrogen) atoms. The number of nitrogen functional groups attached to an aromatic ring is 1. The Morgan fingerprint density at radius 3 is 3.00 bits per heavy atom. The van der Waals surface area contributed by atoms with Gasteiger partial charge in [-0.15, -0.1) is 0 Å². The zero-order chi connectivity index (χ0) is 10.4. The minimum Gasteiger partial charge on any atom is -0.456 e. The molecule has 0 amide bonds. The molecule has 0 fully saturated rings. The Labute approximate surface area is 82.9 Å². The Morgan fingerprint density at radius 1 is 1.57 bits per heavy atom. The first kappa shape index (κ1) is 10.1. The molecule has 0 radical (unpaired) electrons. The van der Waals surface area contributed by atoms with E-state index < -0.39 is 5.97 Å². The van der Waals surface area contributed by atoms with E-state index in [1.165, 1.54) is 0 Å². The number of rotatable bonds is 1. The van der Waals surface area contributed by atoms with Gasteiger partial charge in [-0.1, -0.05) is 12.0 Å². The Morgan fingerprint density at radius 2 is 2.36 bits per heavy atom. The molecule has 0 saturated carbocycles. The summed E-state index contributed by atoms with van der Waals surface area (Å²) in [6.45, 7) is 2.07. The third-order valence-electron chi connectivity index (χ3n) is 1.47. The van der Waals surface area contributed by atoms with E-state index in [4.69, 9.17) is 5.73 Å². The van der Waals surface area contributed by atoms with Gasteiger partial charge < -0.3 is 10.5 Å². The lowest BCUT2D eigenvalue weighted by molar-refractivity contribution is -0.136. The van der Waals surface area contributed by atoms with Crippen LogP contribution in [0.5, 0.6) is 0 Å². The van der Waals surface area contributed by atoms with Gasteiger partial charge >= 0.3 is 5.97 Å². The van der Waals surface area contributed by atoms with Crippen molar-refractivity contribution in [1.29, 1.82) is 0 Å². The topological polar surface area (TPSA) is 52.3 Å². The van der Waals surface area contributed by atoms with Crippen molar-refractivity contribution in [3.63, 3.8) is 0 Å². The first-order valence-corrected chi connectivity index (χ1v) is 4.26. The summed E-state index contributed by atoms with van der Waals surface area (Å²) >= 11 is 0. The minimum atomic E-state index is -0.519. The van der Waals surface area contributed by atoms with Crippen molar-refractivity contribution in [3.05, 3.63) is 29.8 Å². The van der Waals surface area contributed by atoms with Crippen molar-refractivity contribution >= 4 is 11.7 Å². The number of carbonyl (C=O) groups is 1. The van der Waals surface area contributed by atoms with Crippen molar-refractivity contribution in [2.24, 2.45) is 0 Å². The van der Waals surface area contributed by atoms with E-state index in [0.717, 1.165) is 0 Å². The van der Waals surface area contributed by atoms with Crippen molar-refractivity contribution < 1.29 is 9.53 Å². The predicted molar refractivity (Wildman–Crippen MR) is 54.4 cm³/mol. The van der Waals surface area contributed by atoms with E-state index in [2.05, 4.69) is 16.6 Å². The first-order chi connectivity index (χ1) is 6.72. The van der Waals surface area contributed by atoms with E-state index in [9.17, 15) is 4.79 Å². The Balaban J connectivity index is 2.72. The lowest BCUT2D eigenvalue weighted by Gasteiger charge is -1.93. The summed E-state index contributed by atoms with van der Waals surface area (Å²) < 4.78 is 4.65. The zero-order valence-corrected chi connectivity index (χ0v) is 7.91. The third-order valence-corrected chi connectivity index (χ3v) is 1.47. The molecule has 1 aromatic carbocycles. The van der Waals surface area contributed by atoms with Gasteiger partial charge in [-0.25, -0.2) is 4.79 Å². The maximum absolute atomic E-state index is 10.9. The largest absolute Gasteiger partial charge is 0.456 e. The van der Waals surface area contributed by atoms with Gasteiger partial charge in [0.1, 0.15) is 0 Å². The molecule has 3 heteroatoms. The van der Waals surface area contributed by atoms with Gasteiger partial charge in [0.15, 0.2) is 0 Å². The summed E-state index contributed by atoms with van der Waals surface area (Å²) in [6.07, 6.45) is 0. The number of carbonyl (C=O) groups excluding carboxylic acids is 1. The molecule has 0 aliphatic rings. The summed E-state index contributed by atoms with van der Waals surface area (Å²) in [7, 11) is 0. The number of hydrogen-bond acceptors (Lipinski definition) is 3. The molecule has 1 aromatic rings. The zero-order valence-electron chi connectivity index (χ0n) is 7.91. The SMILES string of the molecule is CCOC(=O)C#Cc1cccc(N)c1. The van der Waals surface area contributed by atoms with Crippen molar-refractivity contribution in [1.82, 2.24) is 0 Å². The number of anilines is 1. The van der Waals surface area contributed by atoms with Gasteiger partial charge in [0.25, 0.3) is 0 Å². The van der Waals surface area contributed by atoms with E-state index in [0.29, 0.717) is 17.9 Å². The summed E-state index contributed by atoms with van der Waals surface area (Å²) in [5.41, 5.74) is 6.87. The average molecular weight is 189 g/mol. The Bertz CT molecular complexity index is 388. The van der Waals surface area contributed by atoms with Gasteiger partial charge in [-0.2, -0.15) is 0 Å². The number of benzene rings is 1. The maximum Gasteiger partial charge on any atom is 0.384 e. The van der Waals surface area contributed by atoms with Crippen LogP contribution >= 0.6 is 0 Å². The van der Waals surface area contributed by atoms with Crippen molar-refractivity contribution in [3.8, 4) is 11.8 Å². The number of hydrogen-bond donors (Lipinski definition) is 1. The number of esters is 1. The van der Waals surface area contributed by atoms with Gasteiger partial charge in [0.2, 0.25) is 0 Å². The molecule has 1 rings (SSSR count). The van der Waals surface area contributed by atoms with Crippen LogP contribution in [0.1, 0.15) is 12.5 Å². The highest BCUT2D eigenvalue weighted by atomic mass is 16.5. The second kappa shape index (κ2) is 4.93. The fourth-order valence-electron chi connectivity index (χ4n) is 0.907. The second-order valence-corrected chi connectivity index (χ2v) is 2.60. The molecule has 3 nitrogen and oxygen atoms in total. The smallest absolute Gasteiger partial charge is 0.384 e. The van der Waals surface area contributed by atoms with Gasteiger partial charge in [-0.3, -0.25) is 0 Å². The fourth-order valence-corrected chi connectivity index (χ4v) is 0.907. The summed E-state index contributed by atoms with van der Waals surface area (Å²) in [6, 6.07) is 7.02. The van der Waals surface area contributed by atoms with Crippen LogP contribution in [-0.2, 0) is 9.53 Å². The highest BCUT2D eigenvalue weighted by Crippen LogP contribution is 2.04. The van der Waals surface area contributed by atoms with E-state index in [-0.39, 0.29) is 0 Å². The van der Waals surface area contributed by atoms with Gasteiger partial charge in [-0.05, 0) is 25.1 Å². The van der Waals surface area contributed by atoms with Crippen LogP contribution in [0, 0.1) is 11.8 Å². The van der Waals surface area contributed by atoms with Crippen molar-refractivity contribution in [2.45, 2.75) is 6.92 Å². The summed E-state index contributed by atoms with van der Waals surface area (Å²) in [5.74, 6) is 4.51. The number of ether oxygens (including phenoxy) is 1. The van der Waals surface area contributed by atoms with E-state index in [1.807, 2.05) is 0 Å². The van der Waals surface area contributed by atoms with Crippen molar-refractivity contribution in [2.75, 3.05) is 12.3 Å². The van der Waals surface area contributed by atoms with E-state index in [1.54, 1.807) is 31.2 Å². The second-order valence-electron chi connectivity index (χ2n) is 2.60. The molecule has 0 spiro atoms. The van der Waals surface area contributed by atoms with Crippen LogP contribution in [0.3, 0.4) is 0 Å². The minimum absolute atomic E-state index is 0.338. The van der Waals surface area contributed by atoms with Crippen LogP contribution in [0.25, 0.3) is 0 Å². The Hall–Kier alpha value is -1.95. The first-order valence-electron chi connectivity index (χ1n) is 4.26. The standard InChI is InChI=1S/C11H11NO2/c1-2-14-11(13)7-6-9-4-3-5-10(12)8-9/h3-5,8H,2,12H2,1H3. The van der Waals surface area contributed by atoms with Crippen LogP contribution < -0.4 is 5.73 Å². The van der Waals surface area contributed by atoms with Crippen LogP contribution in [0.15, 0.2) is 24.3 Å². The highest BCUT2D eigenvalue weighted by molar-refractivity contribution is 5.89. The molecular weight excluding hydrogens is 178 g/mol. The van der Waals surface area contributed by atoms with Crippen LogP contribution in [0.2, 0.25) is 0 Å². The predicted octanol–water partition coefficient (Wildman–Crippen LogP) is 1.18. The number of nitrogens with two attached hydrogens (primary N) is 1. The molecule has 0 aliphatic heterocycles. The fraction of sp³-hybridized carbons (Fsp3) is 0.182. The molecular formula is C11H11NO2. The molecule has 0 bridgehead atoms. The van der Waals surface area contributed by atoms with Gasteiger partial charge in [0.05, 0.1) is 6.61 Å². The normalized spacial score (nSPS) is 8.64. The lowest BCUT2D eigenvalue weighted by atomic mass is 10.2. The summed E-state index contributed by atoms with van der Waals surface area (Å²) in [4.78, 5) is 10.9. The molecule has 0 aliphatic carbocycles. The molecule has 0 unspecified atom stereocenters. The molecule has 2 N–H and O–H groups in total. The monoisotopic (exact) mass is 189 g/mol. The van der Waals surface area contributed by atoms with Gasteiger partial charge in [0, 0.05) is 17.2 Å². The third kappa shape index (κ3) is 3.20. The lowest BCUT2D eigenvalue weighted by Crippen LogP contribution is -1.99. The Kier molecular flexibility index (Phi) is 3.57. The highest BCUT2D eigenvalue weighted by Gasteiger charge is 1.93. The molecule has 0 aromatic heterocycles. The molecule has 0 saturated heterocycles. The molecule has 72 valence electrons. The maximum atomic E-state index is 10.9. The molecule has 0 heterocycles. The van der Waals surface area contributed by atoms with Crippen LogP contribution in [0.4, 0.5) is 5.69 Å². The quantitative estimate of drug-likeness (QED) is 0.410.